The molecule has 0 saturated carbocycles. The number of aliphatic carboxylic acids is 1. The topological polar surface area (TPSA) is 77.8 Å². The maximum absolute atomic E-state index is 11.9. The molecular formula is C13H15NO4S. The number of fused-ring (bicyclic) bond motifs is 1. The normalized spacial score (nSPS) is 17.8. The van der Waals surface area contributed by atoms with E-state index in [1.54, 1.807) is 25.1 Å². The molecular weight excluding hydrogens is 266 g/mol. The SMILES string of the molecule is CC(O)c1ccc2c(c1)SCC(=O)N2C(C)C(=O)O. The second kappa shape index (κ2) is 5.22. The van der Waals surface area contributed by atoms with Crippen molar-refractivity contribution in [1.29, 1.82) is 0 Å². The van der Waals surface area contributed by atoms with Gasteiger partial charge in [0.05, 0.1) is 17.5 Å². The molecule has 0 fully saturated rings. The molecule has 1 aliphatic heterocycles. The Morgan fingerprint density at radius 3 is 2.68 bits per heavy atom. The van der Waals surface area contributed by atoms with Crippen LogP contribution in [-0.4, -0.2) is 33.9 Å². The van der Waals surface area contributed by atoms with Crippen LogP contribution in [0.25, 0.3) is 0 Å². The summed E-state index contributed by atoms with van der Waals surface area (Å²) in [5.74, 6) is -1.03. The number of nitrogens with zero attached hydrogens (tertiary/aromatic N) is 1. The van der Waals surface area contributed by atoms with E-state index < -0.39 is 18.1 Å². The Morgan fingerprint density at radius 1 is 1.42 bits per heavy atom. The zero-order chi connectivity index (χ0) is 14.2. The van der Waals surface area contributed by atoms with E-state index in [-0.39, 0.29) is 11.7 Å². The average Bonchev–Trinajstić information content (AvgIpc) is 2.37. The number of carboxylic acid groups (broad SMARTS) is 1. The number of hydrogen-bond acceptors (Lipinski definition) is 4. The Balaban J connectivity index is 2.45. The van der Waals surface area contributed by atoms with Gasteiger partial charge in [0.2, 0.25) is 5.91 Å². The Morgan fingerprint density at radius 2 is 2.11 bits per heavy atom. The number of carbonyl (C=O) groups excluding carboxylic acids is 1. The van der Waals surface area contributed by atoms with Crippen molar-refractivity contribution in [2.75, 3.05) is 10.7 Å². The molecule has 2 unspecified atom stereocenters. The minimum Gasteiger partial charge on any atom is -0.480 e. The molecule has 2 N–H and O–H groups in total. The van der Waals surface area contributed by atoms with Crippen LogP contribution in [0.4, 0.5) is 5.69 Å². The molecule has 5 nitrogen and oxygen atoms in total. The first kappa shape index (κ1) is 13.9. The summed E-state index contributed by atoms with van der Waals surface area (Å²) >= 11 is 1.37. The zero-order valence-electron chi connectivity index (χ0n) is 10.7. The molecule has 1 aromatic carbocycles. The van der Waals surface area contributed by atoms with Crippen molar-refractivity contribution >= 4 is 29.3 Å². The fraction of sp³-hybridized carbons (Fsp3) is 0.385. The van der Waals surface area contributed by atoms with Crippen molar-refractivity contribution in [1.82, 2.24) is 0 Å². The lowest BCUT2D eigenvalue weighted by molar-refractivity contribution is -0.139. The second-order valence-corrected chi connectivity index (χ2v) is 5.49. The van der Waals surface area contributed by atoms with Crippen LogP contribution in [0.3, 0.4) is 0 Å². The van der Waals surface area contributed by atoms with Crippen molar-refractivity contribution < 1.29 is 19.8 Å². The van der Waals surface area contributed by atoms with Crippen LogP contribution in [0.5, 0.6) is 0 Å². The summed E-state index contributed by atoms with van der Waals surface area (Å²) in [5, 5.41) is 18.6. The molecule has 1 heterocycles. The van der Waals surface area contributed by atoms with E-state index in [2.05, 4.69) is 0 Å². The van der Waals surface area contributed by atoms with Gasteiger partial charge in [0.1, 0.15) is 6.04 Å². The van der Waals surface area contributed by atoms with Gasteiger partial charge in [-0.1, -0.05) is 6.07 Å². The van der Waals surface area contributed by atoms with Gasteiger partial charge < -0.3 is 10.2 Å². The number of anilines is 1. The summed E-state index contributed by atoms with van der Waals surface area (Å²) in [6, 6.07) is 4.31. The largest absolute Gasteiger partial charge is 0.480 e. The van der Waals surface area contributed by atoms with Crippen LogP contribution >= 0.6 is 11.8 Å². The summed E-state index contributed by atoms with van der Waals surface area (Å²) in [6.45, 7) is 3.15. The predicted molar refractivity (Wildman–Crippen MR) is 72.4 cm³/mol. The maximum Gasteiger partial charge on any atom is 0.326 e. The Bertz CT molecular complexity index is 529. The van der Waals surface area contributed by atoms with Crippen molar-refractivity contribution in [3.8, 4) is 0 Å². The highest BCUT2D eigenvalue weighted by Gasteiger charge is 2.32. The molecule has 1 aliphatic rings. The van der Waals surface area contributed by atoms with E-state index in [0.717, 1.165) is 10.5 Å². The van der Waals surface area contributed by atoms with Crippen molar-refractivity contribution in [2.45, 2.75) is 30.9 Å². The summed E-state index contributed by atoms with van der Waals surface area (Å²) in [6.07, 6.45) is -0.589. The van der Waals surface area contributed by atoms with Gasteiger partial charge in [0, 0.05) is 4.90 Å². The van der Waals surface area contributed by atoms with Crippen molar-refractivity contribution in [3.63, 3.8) is 0 Å². The summed E-state index contributed by atoms with van der Waals surface area (Å²) in [7, 11) is 0. The number of amides is 1. The Labute approximate surface area is 115 Å². The molecule has 0 saturated heterocycles. The lowest BCUT2D eigenvalue weighted by atomic mass is 10.1. The fourth-order valence-corrected chi connectivity index (χ4v) is 2.94. The summed E-state index contributed by atoms with van der Waals surface area (Å²) < 4.78 is 0. The third-order valence-electron chi connectivity index (χ3n) is 3.09. The third kappa shape index (κ3) is 2.59. The number of carbonyl (C=O) groups is 2. The summed E-state index contributed by atoms with van der Waals surface area (Å²) in [5.41, 5.74) is 1.35. The van der Waals surface area contributed by atoms with Crippen LogP contribution in [0.1, 0.15) is 25.5 Å². The third-order valence-corrected chi connectivity index (χ3v) is 4.12. The van der Waals surface area contributed by atoms with E-state index in [0.29, 0.717) is 5.69 Å². The van der Waals surface area contributed by atoms with Crippen LogP contribution in [0.2, 0.25) is 0 Å². The monoisotopic (exact) mass is 281 g/mol. The van der Waals surface area contributed by atoms with Gasteiger partial charge in [-0.2, -0.15) is 0 Å². The number of hydrogen-bond donors (Lipinski definition) is 2. The standard InChI is InChI=1S/C13H15NO4S/c1-7(13(17)18)14-10-4-3-9(8(2)15)5-11(10)19-6-12(14)16/h3-5,7-8,15H,6H2,1-2H3,(H,17,18). The molecule has 0 radical (unpaired) electrons. The van der Waals surface area contributed by atoms with Gasteiger partial charge in [-0.25, -0.2) is 4.79 Å². The number of aliphatic hydroxyl groups is 1. The lowest BCUT2D eigenvalue weighted by Gasteiger charge is -2.32. The number of rotatable bonds is 3. The smallest absolute Gasteiger partial charge is 0.326 e. The molecule has 0 aromatic heterocycles. The van der Waals surface area contributed by atoms with Crippen LogP contribution < -0.4 is 4.90 Å². The van der Waals surface area contributed by atoms with E-state index in [9.17, 15) is 14.7 Å². The minimum absolute atomic E-state index is 0.211. The quantitative estimate of drug-likeness (QED) is 0.881. The molecule has 0 spiro atoms. The zero-order valence-corrected chi connectivity index (χ0v) is 11.5. The van der Waals surface area contributed by atoms with Gasteiger partial charge in [-0.05, 0) is 31.5 Å². The molecule has 0 aliphatic carbocycles. The molecule has 2 rings (SSSR count). The predicted octanol–water partition coefficient (Wildman–Crippen LogP) is 1.65. The average molecular weight is 281 g/mol. The maximum atomic E-state index is 11.9. The van der Waals surface area contributed by atoms with E-state index >= 15 is 0 Å². The summed E-state index contributed by atoms with van der Waals surface area (Å²) in [4.78, 5) is 25.1. The molecule has 0 bridgehead atoms. The lowest BCUT2D eigenvalue weighted by Crippen LogP contribution is -2.46. The number of carboxylic acids is 1. The van der Waals surface area contributed by atoms with Gasteiger partial charge in [-0.3, -0.25) is 9.69 Å². The van der Waals surface area contributed by atoms with E-state index in [4.69, 9.17) is 5.11 Å². The molecule has 1 amide bonds. The van der Waals surface area contributed by atoms with Crippen LogP contribution in [-0.2, 0) is 9.59 Å². The van der Waals surface area contributed by atoms with E-state index in [1.807, 2.05) is 0 Å². The first-order valence-electron chi connectivity index (χ1n) is 5.91. The van der Waals surface area contributed by atoms with E-state index in [1.165, 1.54) is 23.6 Å². The Kier molecular flexibility index (Phi) is 3.82. The number of benzene rings is 1. The molecule has 19 heavy (non-hydrogen) atoms. The molecule has 6 heteroatoms. The van der Waals surface area contributed by atoms with Crippen LogP contribution in [0, 0.1) is 0 Å². The first-order chi connectivity index (χ1) is 8.91. The van der Waals surface area contributed by atoms with Crippen LogP contribution in [0.15, 0.2) is 23.1 Å². The molecule has 1 aromatic rings. The second-order valence-electron chi connectivity index (χ2n) is 4.47. The van der Waals surface area contributed by atoms with Crippen molar-refractivity contribution in [3.05, 3.63) is 23.8 Å². The van der Waals surface area contributed by atoms with Gasteiger partial charge in [0.15, 0.2) is 0 Å². The highest BCUT2D eigenvalue weighted by atomic mass is 32.2. The highest BCUT2D eigenvalue weighted by molar-refractivity contribution is 8.00. The van der Waals surface area contributed by atoms with Gasteiger partial charge in [-0.15, -0.1) is 11.8 Å². The van der Waals surface area contributed by atoms with Gasteiger partial charge in [0.25, 0.3) is 0 Å². The Hall–Kier alpha value is -1.53. The highest BCUT2D eigenvalue weighted by Crippen LogP contribution is 2.38. The van der Waals surface area contributed by atoms with Crippen molar-refractivity contribution in [2.24, 2.45) is 0 Å². The fourth-order valence-electron chi connectivity index (χ4n) is 1.98. The number of thioether (sulfide) groups is 1. The molecule has 102 valence electrons. The first-order valence-corrected chi connectivity index (χ1v) is 6.90. The number of aliphatic hydroxyl groups excluding tert-OH is 1. The minimum atomic E-state index is -1.04. The van der Waals surface area contributed by atoms with Gasteiger partial charge >= 0.3 is 5.97 Å². The molecule has 2 atom stereocenters.